The smallest absolute Gasteiger partial charge is 0.219 e. The molecule has 0 aromatic rings. The number of piperazine rings is 1. The van der Waals surface area contributed by atoms with Crippen molar-refractivity contribution in [1.29, 1.82) is 0 Å². The van der Waals surface area contributed by atoms with Crippen molar-refractivity contribution in [3.05, 3.63) is 0 Å². The maximum atomic E-state index is 11.2. The van der Waals surface area contributed by atoms with Crippen molar-refractivity contribution < 1.29 is 4.79 Å². The molecule has 0 aromatic carbocycles. The lowest BCUT2D eigenvalue weighted by atomic mass is 10.1. The Kier molecular flexibility index (Phi) is 5.92. The predicted molar refractivity (Wildman–Crippen MR) is 71.0 cm³/mol. The van der Waals surface area contributed by atoms with Gasteiger partial charge in [-0.15, -0.1) is 0 Å². The van der Waals surface area contributed by atoms with Gasteiger partial charge < -0.3 is 10.2 Å². The zero-order valence-corrected chi connectivity index (χ0v) is 11.7. The first-order valence-electron chi connectivity index (χ1n) is 6.70. The van der Waals surface area contributed by atoms with Crippen LogP contribution in [0.3, 0.4) is 0 Å². The Balaban J connectivity index is 2.19. The third-order valence-corrected chi connectivity index (χ3v) is 3.26. The van der Waals surface area contributed by atoms with Crippen LogP contribution in [0.15, 0.2) is 0 Å². The minimum atomic E-state index is 0.208. The zero-order chi connectivity index (χ0) is 12.8. The molecule has 1 saturated heterocycles. The van der Waals surface area contributed by atoms with Crippen LogP contribution in [-0.2, 0) is 4.79 Å². The summed E-state index contributed by atoms with van der Waals surface area (Å²) in [6.45, 7) is 14.3. The van der Waals surface area contributed by atoms with E-state index >= 15 is 0 Å². The summed E-state index contributed by atoms with van der Waals surface area (Å²) in [5.74, 6) is 0.875. The molecule has 1 atom stereocenters. The fraction of sp³-hybridized carbons (Fsp3) is 0.923. The van der Waals surface area contributed by atoms with Gasteiger partial charge in [0, 0.05) is 45.7 Å². The standard InChI is InChI=1S/C13H27N3O/c1-11(2)14-9-12(3)10-15-5-7-16(8-6-15)13(4)17/h11-12,14H,5-10H2,1-4H3. The van der Waals surface area contributed by atoms with E-state index < -0.39 is 0 Å². The molecular weight excluding hydrogens is 214 g/mol. The molecule has 0 bridgehead atoms. The van der Waals surface area contributed by atoms with E-state index in [0.29, 0.717) is 12.0 Å². The number of carbonyl (C=O) groups excluding carboxylic acids is 1. The van der Waals surface area contributed by atoms with Crippen molar-refractivity contribution in [3.63, 3.8) is 0 Å². The van der Waals surface area contributed by atoms with E-state index in [2.05, 4.69) is 31.0 Å². The number of hydrogen-bond donors (Lipinski definition) is 1. The lowest BCUT2D eigenvalue weighted by Crippen LogP contribution is -2.49. The lowest BCUT2D eigenvalue weighted by Gasteiger charge is -2.35. The Bertz CT molecular complexity index is 235. The van der Waals surface area contributed by atoms with Gasteiger partial charge in [0.25, 0.3) is 0 Å². The average Bonchev–Trinajstić information content (AvgIpc) is 2.27. The van der Waals surface area contributed by atoms with Crippen molar-refractivity contribution in [2.45, 2.75) is 33.7 Å². The Hall–Kier alpha value is -0.610. The highest BCUT2D eigenvalue weighted by Crippen LogP contribution is 2.05. The van der Waals surface area contributed by atoms with E-state index in [4.69, 9.17) is 0 Å². The molecule has 1 N–H and O–H groups in total. The molecule has 1 fully saturated rings. The summed E-state index contributed by atoms with van der Waals surface area (Å²) in [5, 5.41) is 3.47. The maximum Gasteiger partial charge on any atom is 0.219 e. The van der Waals surface area contributed by atoms with E-state index in [1.807, 2.05) is 4.90 Å². The highest BCUT2D eigenvalue weighted by Gasteiger charge is 2.19. The number of carbonyl (C=O) groups is 1. The van der Waals surface area contributed by atoms with E-state index in [1.54, 1.807) is 6.92 Å². The van der Waals surface area contributed by atoms with Crippen LogP contribution >= 0.6 is 0 Å². The quantitative estimate of drug-likeness (QED) is 0.773. The van der Waals surface area contributed by atoms with E-state index in [0.717, 1.165) is 39.3 Å². The van der Waals surface area contributed by atoms with Crippen molar-refractivity contribution in [2.24, 2.45) is 5.92 Å². The van der Waals surface area contributed by atoms with Gasteiger partial charge in [-0.05, 0) is 12.5 Å². The van der Waals surface area contributed by atoms with E-state index in [1.165, 1.54) is 0 Å². The van der Waals surface area contributed by atoms with Gasteiger partial charge in [0.05, 0.1) is 0 Å². The molecule has 4 nitrogen and oxygen atoms in total. The molecule has 1 heterocycles. The van der Waals surface area contributed by atoms with Crippen LogP contribution in [-0.4, -0.2) is 61.0 Å². The molecule has 1 aliphatic heterocycles. The van der Waals surface area contributed by atoms with Gasteiger partial charge >= 0.3 is 0 Å². The third-order valence-electron chi connectivity index (χ3n) is 3.26. The van der Waals surface area contributed by atoms with Crippen molar-refractivity contribution in [3.8, 4) is 0 Å². The molecule has 0 aliphatic carbocycles. The minimum absolute atomic E-state index is 0.208. The first-order chi connectivity index (χ1) is 7.99. The number of hydrogen-bond acceptors (Lipinski definition) is 3. The number of nitrogens with one attached hydrogen (secondary N) is 1. The topological polar surface area (TPSA) is 35.6 Å². The van der Waals surface area contributed by atoms with Crippen LogP contribution < -0.4 is 5.32 Å². The molecule has 1 aliphatic rings. The number of rotatable bonds is 5. The predicted octanol–water partition coefficient (Wildman–Crippen LogP) is 0.785. The molecule has 0 radical (unpaired) electrons. The Morgan fingerprint density at radius 3 is 2.24 bits per heavy atom. The largest absolute Gasteiger partial charge is 0.340 e. The molecule has 0 saturated carbocycles. The molecule has 1 rings (SSSR count). The molecule has 1 amide bonds. The SMILES string of the molecule is CC(=O)N1CCN(CC(C)CNC(C)C)CC1. The fourth-order valence-corrected chi connectivity index (χ4v) is 2.19. The molecule has 0 spiro atoms. The van der Waals surface area contributed by atoms with Gasteiger partial charge in [-0.1, -0.05) is 20.8 Å². The summed E-state index contributed by atoms with van der Waals surface area (Å²) in [6, 6.07) is 0.562. The van der Waals surface area contributed by atoms with Crippen LogP contribution in [0.25, 0.3) is 0 Å². The van der Waals surface area contributed by atoms with Gasteiger partial charge in [0.1, 0.15) is 0 Å². The Morgan fingerprint density at radius 1 is 1.18 bits per heavy atom. The summed E-state index contributed by atoms with van der Waals surface area (Å²) in [5.41, 5.74) is 0. The second kappa shape index (κ2) is 6.97. The van der Waals surface area contributed by atoms with Crippen molar-refractivity contribution >= 4 is 5.91 Å². The summed E-state index contributed by atoms with van der Waals surface area (Å²) < 4.78 is 0. The maximum absolute atomic E-state index is 11.2. The van der Waals surface area contributed by atoms with Crippen LogP contribution in [0, 0.1) is 5.92 Å². The van der Waals surface area contributed by atoms with E-state index in [-0.39, 0.29) is 5.91 Å². The molecule has 100 valence electrons. The Morgan fingerprint density at radius 2 is 1.76 bits per heavy atom. The highest BCUT2D eigenvalue weighted by molar-refractivity contribution is 5.73. The number of amides is 1. The van der Waals surface area contributed by atoms with Crippen LogP contribution in [0.1, 0.15) is 27.7 Å². The second-order valence-corrected chi connectivity index (χ2v) is 5.47. The minimum Gasteiger partial charge on any atom is -0.340 e. The first-order valence-corrected chi connectivity index (χ1v) is 6.70. The molecule has 4 heteroatoms. The monoisotopic (exact) mass is 241 g/mol. The van der Waals surface area contributed by atoms with Gasteiger partial charge in [-0.3, -0.25) is 9.69 Å². The summed E-state index contributed by atoms with van der Waals surface area (Å²) in [4.78, 5) is 15.6. The second-order valence-electron chi connectivity index (χ2n) is 5.47. The lowest BCUT2D eigenvalue weighted by molar-refractivity contribution is -0.130. The Labute approximate surface area is 105 Å². The fourth-order valence-electron chi connectivity index (χ4n) is 2.19. The molecular formula is C13H27N3O. The first kappa shape index (κ1) is 14.5. The average molecular weight is 241 g/mol. The van der Waals surface area contributed by atoms with Gasteiger partial charge in [0.2, 0.25) is 5.91 Å². The van der Waals surface area contributed by atoms with Crippen molar-refractivity contribution in [2.75, 3.05) is 39.3 Å². The summed E-state index contributed by atoms with van der Waals surface area (Å²) in [6.07, 6.45) is 0. The van der Waals surface area contributed by atoms with Crippen LogP contribution in [0.5, 0.6) is 0 Å². The van der Waals surface area contributed by atoms with Crippen molar-refractivity contribution in [1.82, 2.24) is 15.1 Å². The number of nitrogens with zero attached hydrogens (tertiary/aromatic N) is 2. The highest BCUT2D eigenvalue weighted by atomic mass is 16.2. The third kappa shape index (κ3) is 5.50. The normalized spacial score (nSPS) is 19.7. The molecule has 0 aromatic heterocycles. The zero-order valence-electron chi connectivity index (χ0n) is 11.7. The van der Waals surface area contributed by atoms with Gasteiger partial charge in [-0.25, -0.2) is 0 Å². The van der Waals surface area contributed by atoms with E-state index in [9.17, 15) is 4.79 Å². The molecule has 1 unspecified atom stereocenters. The summed E-state index contributed by atoms with van der Waals surface area (Å²) in [7, 11) is 0. The van der Waals surface area contributed by atoms with Crippen LogP contribution in [0.2, 0.25) is 0 Å². The summed E-state index contributed by atoms with van der Waals surface area (Å²) >= 11 is 0. The van der Waals surface area contributed by atoms with Gasteiger partial charge in [-0.2, -0.15) is 0 Å². The molecule has 17 heavy (non-hydrogen) atoms. The van der Waals surface area contributed by atoms with Gasteiger partial charge in [0.15, 0.2) is 0 Å². The van der Waals surface area contributed by atoms with Crippen LogP contribution in [0.4, 0.5) is 0 Å².